The van der Waals surface area contributed by atoms with Gasteiger partial charge in [0, 0.05) is 24.5 Å². The van der Waals surface area contributed by atoms with Crippen molar-refractivity contribution < 1.29 is 9.90 Å². The van der Waals surface area contributed by atoms with Crippen molar-refractivity contribution in [1.82, 2.24) is 15.5 Å². The lowest BCUT2D eigenvalue weighted by Gasteiger charge is -2.58. The summed E-state index contributed by atoms with van der Waals surface area (Å²) in [6.45, 7) is 7.67. The average molecular weight is 384 g/mol. The quantitative estimate of drug-likeness (QED) is 0.750. The molecule has 4 unspecified atom stereocenters. The number of hydrogen-bond acceptors (Lipinski definition) is 3. The summed E-state index contributed by atoms with van der Waals surface area (Å²) in [4.78, 5) is 14.7. The summed E-state index contributed by atoms with van der Waals surface area (Å²) in [5.41, 5.74) is 2.43. The minimum Gasteiger partial charge on any atom is -0.508 e. The molecular formula is C23H33N3O2. The van der Waals surface area contributed by atoms with Gasteiger partial charge in [0.25, 0.3) is 0 Å². The van der Waals surface area contributed by atoms with Crippen molar-refractivity contribution in [2.24, 2.45) is 11.8 Å². The van der Waals surface area contributed by atoms with Gasteiger partial charge in [-0.1, -0.05) is 6.07 Å². The fourth-order valence-electron chi connectivity index (χ4n) is 6.61. The fraction of sp³-hybridized carbons (Fsp3) is 0.696. The van der Waals surface area contributed by atoms with Crippen LogP contribution in [0.5, 0.6) is 5.75 Å². The summed E-state index contributed by atoms with van der Waals surface area (Å²) in [7, 11) is 0. The van der Waals surface area contributed by atoms with Crippen LogP contribution < -0.4 is 10.6 Å². The number of piperidine rings is 1. The number of hydrogen-bond donors (Lipinski definition) is 3. The van der Waals surface area contributed by atoms with Crippen molar-refractivity contribution in [2.45, 2.75) is 69.4 Å². The molecule has 0 bridgehead atoms. The number of carbonyl (C=O) groups excluding carboxylic acids is 1. The summed E-state index contributed by atoms with van der Waals surface area (Å²) >= 11 is 0. The number of carbonyl (C=O) groups is 1. The van der Waals surface area contributed by atoms with E-state index in [9.17, 15) is 9.90 Å². The standard InChI is InChI=1S/C23H33N3O2/c1-15-3-6-18(27)11-20(15)23-9-10-26(12-17-4-5-17)16(2)19(23)7-8-22(13-23)14-24-21(28)25-22/h3,6,11,16-17,19,27H,4-5,7-10,12-14H2,1-2H3,(H2,24,25,28). The molecule has 4 aliphatic rings. The van der Waals surface area contributed by atoms with Gasteiger partial charge >= 0.3 is 6.03 Å². The second kappa shape index (κ2) is 6.38. The van der Waals surface area contributed by atoms with E-state index in [0.717, 1.165) is 44.7 Å². The Morgan fingerprint density at radius 3 is 2.79 bits per heavy atom. The Bertz CT molecular complexity index is 792. The molecule has 0 radical (unpaired) electrons. The Hall–Kier alpha value is -1.75. The maximum atomic E-state index is 12.0. The van der Waals surface area contributed by atoms with Gasteiger partial charge in [-0.15, -0.1) is 0 Å². The summed E-state index contributed by atoms with van der Waals surface area (Å²) in [6, 6.07) is 6.38. The SMILES string of the molecule is Cc1ccc(O)cc1C12CCN(CC3CC3)C(C)C1CCC1(CNC(=O)N1)C2. The van der Waals surface area contributed by atoms with Crippen molar-refractivity contribution in [1.29, 1.82) is 0 Å². The molecule has 2 aliphatic carbocycles. The predicted molar refractivity (Wildman–Crippen MR) is 110 cm³/mol. The summed E-state index contributed by atoms with van der Waals surface area (Å²) < 4.78 is 0. The van der Waals surface area contributed by atoms with Crippen LogP contribution in [-0.2, 0) is 5.41 Å². The van der Waals surface area contributed by atoms with Gasteiger partial charge in [0.15, 0.2) is 0 Å². The Labute approximate surface area is 167 Å². The van der Waals surface area contributed by atoms with Gasteiger partial charge in [0.05, 0.1) is 5.54 Å². The first kappa shape index (κ1) is 18.3. The Morgan fingerprint density at radius 1 is 1.25 bits per heavy atom. The molecule has 2 saturated heterocycles. The van der Waals surface area contributed by atoms with Crippen LogP contribution in [0.2, 0.25) is 0 Å². The number of fused-ring (bicyclic) bond motifs is 1. The first-order valence-electron chi connectivity index (χ1n) is 11.0. The van der Waals surface area contributed by atoms with E-state index in [1.54, 1.807) is 6.07 Å². The molecule has 1 spiro atoms. The number of benzene rings is 1. The van der Waals surface area contributed by atoms with Gasteiger partial charge in [-0.25, -0.2) is 4.79 Å². The molecule has 1 aromatic carbocycles. The molecule has 2 amide bonds. The molecule has 5 nitrogen and oxygen atoms in total. The number of rotatable bonds is 3. The van der Waals surface area contributed by atoms with Crippen LogP contribution in [0.15, 0.2) is 18.2 Å². The molecule has 152 valence electrons. The van der Waals surface area contributed by atoms with Gasteiger partial charge in [0.1, 0.15) is 5.75 Å². The summed E-state index contributed by atoms with van der Waals surface area (Å²) in [5, 5.41) is 16.6. The molecule has 2 heterocycles. The number of nitrogens with zero attached hydrogens (tertiary/aromatic N) is 1. The first-order valence-corrected chi connectivity index (χ1v) is 11.0. The molecule has 1 aromatic rings. The maximum absolute atomic E-state index is 12.0. The molecule has 5 heteroatoms. The van der Waals surface area contributed by atoms with Crippen LogP contribution in [0.3, 0.4) is 0 Å². The van der Waals surface area contributed by atoms with Crippen LogP contribution in [0.25, 0.3) is 0 Å². The lowest BCUT2D eigenvalue weighted by molar-refractivity contribution is -0.0176. The maximum Gasteiger partial charge on any atom is 0.315 e. The van der Waals surface area contributed by atoms with Crippen LogP contribution in [0.1, 0.15) is 56.6 Å². The number of urea groups is 1. The Morgan fingerprint density at radius 2 is 2.07 bits per heavy atom. The monoisotopic (exact) mass is 383 g/mol. The number of likely N-dealkylation sites (tertiary alicyclic amines) is 1. The third-order valence-corrected chi connectivity index (χ3v) is 8.21. The minimum absolute atomic E-state index is 0.0137. The number of nitrogens with one attached hydrogen (secondary N) is 2. The van der Waals surface area contributed by atoms with Gasteiger partial charge in [-0.3, -0.25) is 0 Å². The third kappa shape index (κ3) is 2.90. The predicted octanol–water partition coefficient (Wildman–Crippen LogP) is 3.29. The molecule has 28 heavy (non-hydrogen) atoms. The second-order valence-electron chi connectivity index (χ2n) is 9.99. The molecule has 4 fully saturated rings. The summed E-state index contributed by atoms with van der Waals surface area (Å²) in [6.07, 6.45) is 7.03. The molecule has 2 aliphatic heterocycles. The van der Waals surface area contributed by atoms with E-state index in [1.807, 2.05) is 6.07 Å². The lowest BCUT2D eigenvalue weighted by atomic mass is 9.52. The number of amides is 2. The molecule has 5 rings (SSSR count). The van der Waals surface area contributed by atoms with Gasteiger partial charge in [-0.2, -0.15) is 0 Å². The molecular weight excluding hydrogens is 350 g/mol. The van der Waals surface area contributed by atoms with Crippen LogP contribution >= 0.6 is 0 Å². The van der Waals surface area contributed by atoms with Gasteiger partial charge in [0.2, 0.25) is 0 Å². The third-order valence-electron chi connectivity index (χ3n) is 8.21. The fourth-order valence-corrected chi connectivity index (χ4v) is 6.61. The topological polar surface area (TPSA) is 64.6 Å². The minimum atomic E-state index is -0.149. The normalized spacial score (nSPS) is 38.1. The van der Waals surface area contributed by atoms with E-state index in [4.69, 9.17) is 0 Å². The average Bonchev–Trinajstić information content (AvgIpc) is 3.42. The zero-order valence-electron chi connectivity index (χ0n) is 17.1. The number of phenols is 1. The highest BCUT2D eigenvalue weighted by molar-refractivity contribution is 5.77. The van der Waals surface area contributed by atoms with Crippen molar-refractivity contribution in [3.05, 3.63) is 29.3 Å². The number of aromatic hydroxyl groups is 1. The molecule has 4 atom stereocenters. The first-order chi connectivity index (χ1) is 13.4. The molecule has 2 saturated carbocycles. The van der Waals surface area contributed by atoms with E-state index >= 15 is 0 Å². The van der Waals surface area contributed by atoms with Gasteiger partial charge in [-0.05, 0) is 94.0 Å². The summed E-state index contributed by atoms with van der Waals surface area (Å²) in [5.74, 6) is 1.82. The smallest absolute Gasteiger partial charge is 0.315 e. The molecule has 0 aromatic heterocycles. The van der Waals surface area contributed by atoms with Crippen molar-refractivity contribution in [3.63, 3.8) is 0 Å². The van der Waals surface area contributed by atoms with E-state index in [1.165, 1.54) is 30.5 Å². The van der Waals surface area contributed by atoms with E-state index in [2.05, 4.69) is 35.4 Å². The second-order valence-corrected chi connectivity index (χ2v) is 9.99. The largest absolute Gasteiger partial charge is 0.508 e. The van der Waals surface area contributed by atoms with Gasteiger partial charge < -0.3 is 20.6 Å². The number of aryl methyl sites for hydroxylation is 1. The number of phenolic OH excluding ortho intramolecular Hbond substituents is 1. The van der Waals surface area contributed by atoms with Crippen LogP contribution in [0, 0.1) is 18.8 Å². The van der Waals surface area contributed by atoms with Crippen molar-refractivity contribution in [3.8, 4) is 5.75 Å². The Balaban J connectivity index is 1.54. The van der Waals surface area contributed by atoms with Crippen LogP contribution in [-0.4, -0.2) is 47.3 Å². The van der Waals surface area contributed by atoms with Crippen LogP contribution in [0.4, 0.5) is 4.79 Å². The highest BCUT2D eigenvalue weighted by Crippen LogP contribution is 2.55. The highest BCUT2D eigenvalue weighted by atomic mass is 16.3. The van der Waals surface area contributed by atoms with E-state index in [-0.39, 0.29) is 17.0 Å². The highest BCUT2D eigenvalue weighted by Gasteiger charge is 2.57. The lowest BCUT2D eigenvalue weighted by Crippen LogP contribution is -2.63. The zero-order chi connectivity index (χ0) is 19.5. The Kier molecular flexibility index (Phi) is 4.17. The van der Waals surface area contributed by atoms with E-state index in [0.29, 0.717) is 17.7 Å². The van der Waals surface area contributed by atoms with Crippen molar-refractivity contribution >= 4 is 6.03 Å². The van der Waals surface area contributed by atoms with Crippen molar-refractivity contribution in [2.75, 3.05) is 19.6 Å². The van der Waals surface area contributed by atoms with E-state index < -0.39 is 0 Å². The molecule has 3 N–H and O–H groups in total. The zero-order valence-corrected chi connectivity index (χ0v) is 17.1.